The molecule has 1 amide bonds. The van der Waals surface area contributed by atoms with Crippen LogP contribution in [0.4, 0.5) is 17.6 Å². The van der Waals surface area contributed by atoms with Gasteiger partial charge in [0.2, 0.25) is 0 Å². The molecule has 0 bridgehead atoms. The van der Waals surface area contributed by atoms with Crippen molar-refractivity contribution in [3.05, 3.63) is 71.2 Å². The number of nitrogens with zero attached hydrogens (tertiary/aromatic N) is 1. The molecule has 25 heavy (non-hydrogen) atoms. The van der Waals surface area contributed by atoms with Gasteiger partial charge in [0.05, 0.1) is 5.56 Å². The fourth-order valence-corrected chi connectivity index (χ4v) is 2.69. The Morgan fingerprint density at radius 3 is 2.56 bits per heavy atom. The molecule has 0 fully saturated rings. The average Bonchev–Trinajstić information content (AvgIpc) is 2.96. The molecule has 0 aliphatic carbocycles. The number of benzene rings is 2. The SMILES string of the molecule is CN(Cc1ccccc1C(F)(F)F)C(=O)c1cc2cc(F)ccc2[nH]1. The number of alkyl halides is 3. The van der Waals surface area contributed by atoms with Crippen LogP contribution in [0.3, 0.4) is 0 Å². The van der Waals surface area contributed by atoms with Crippen LogP contribution in [0.25, 0.3) is 10.9 Å². The van der Waals surface area contributed by atoms with Crippen LogP contribution in [0.2, 0.25) is 0 Å². The number of H-pyrrole nitrogens is 1. The van der Waals surface area contributed by atoms with Crippen LogP contribution in [-0.4, -0.2) is 22.8 Å². The first-order valence-corrected chi connectivity index (χ1v) is 7.44. The van der Waals surface area contributed by atoms with Gasteiger partial charge in [-0.05, 0) is 35.9 Å². The third-order valence-electron chi connectivity index (χ3n) is 3.89. The molecule has 0 saturated heterocycles. The highest BCUT2D eigenvalue weighted by Gasteiger charge is 2.33. The Balaban J connectivity index is 1.85. The van der Waals surface area contributed by atoms with Crippen LogP contribution < -0.4 is 0 Å². The summed E-state index contributed by atoms with van der Waals surface area (Å²) in [5, 5.41) is 0.521. The number of rotatable bonds is 3. The maximum Gasteiger partial charge on any atom is 0.416 e. The molecular weight excluding hydrogens is 336 g/mol. The molecule has 1 heterocycles. The Hall–Kier alpha value is -2.83. The van der Waals surface area contributed by atoms with E-state index in [-0.39, 0.29) is 17.8 Å². The maximum atomic E-state index is 13.2. The molecule has 0 spiro atoms. The Bertz CT molecular complexity index is 930. The summed E-state index contributed by atoms with van der Waals surface area (Å²) in [5.41, 5.74) is 0.00260. The minimum absolute atomic E-state index is 0.00741. The minimum Gasteiger partial charge on any atom is -0.351 e. The summed E-state index contributed by atoms with van der Waals surface area (Å²) in [6, 6.07) is 10.6. The van der Waals surface area contributed by atoms with E-state index < -0.39 is 23.5 Å². The normalized spacial score (nSPS) is 11.7. The summed E-state index contributed by atoms with van der Waals surface area (Å²) in [4.78, 5) is 16.5. The summed E-state index contributed by atoms with van der Waals surface area (Å²) in [7, 11) is 1.42. The number of nitrogens with one attached hydrogen (secondary N) is 1. The molecule has 0 unspecified atom stereocenters. The highest BCUT2D eigenvalue weighted by molar-refractivity contribution is 5.97. The van der Waals surface area contributed by atoms with Crippen molar-refractivity contribution in [2.75, 3.05) is 7.05 Å². The quantitative estimate of drug-likeness (QED) is 0.689. The highest BCUT2D eigenvalue weighted by Crippen LogP contribution is 2.32. The highest BCUT2D eigenvalue weighted by atomic mass is 19.4. The van der Waals surface area contributed by atoms with Crippen LogP contribution in [0.5, 0.6) is 0 Å². The molecule has 1 N–H and O–H groups in total. The van der Waals surface area contributed by atoms with Crippen molar-refractivity contribution in [1.29, 1.82) is 0 Å². The van der Waals surface area contributed by atoms with Crippen LogP contribution in [0.15, 0.2) is 48.5 Å². The molecule has 3 nitrogen and oxygen atoms in total. The summed E-state index contributed by atoms with van der Waals surface area (Å²) in [5.74, 6) is -0.911. The van der Waals surface area contributed by atoms with Crippen molar-refractivity contribution in [3.8, 4) is 0 Å². The predicted octanol–water partition coefficient (Wildman–Crippen LogP) is 4.60. The molecule has 0 aliphatic heterocycles. The van der Waals surface area contributed by atoms with Crippen LogP contribution in [-0.2, 0) is 12.7 Å². The van der Waals surface area contributed by atoms with Gasteiger partial charge in [-0.2, -0.15) is 13.2 Å². The molecule has 0 atom stereocenters. The molecule has 0 saturated carbocycles. The second-order valence-corrected chi connectivity index (χ2v) is 5.73. The first-order valence-electron chi connectivity index (χ1n) is 7.44. The van der Waals surface area contributed by atoms with E-state index in [0.29, 0.717) is 10.9 Å². The lowest BCUT2D eigenvalue weighted by Gasteiger charge is -2.19. The van der Waals surface area contributed by atoms with E-state index >= 15 is 0 Å². The molecule has 0 aliphatic rings. The van der Waals surface area contributed by atoms with E-state index in [1.54, 1.807) is 0 Å². The molecule has 3 aromatic rings. The number of aromatic nitrogens is 1. The summed E-state index contributed by atoms with van der Waals surface area (Å²) in [6.45, 7) is -0.196. The van der Waals surface area contributed by atoms with Crippen LogP contribution >= 0.6 is 0 Å². The van der Waals surface area contributed by atoms with Crippen molar-refractivity contribution < 1.29 is 22.4 Å². The Morgan fingerprint density at radius 2 is 1.84 bits per heavy atom. The van der Waals surface area contributed by atoms with Gasteiger partial charge < -0.3 is 9.88 Å². The van der Waals surface area contributed by atoms with Crippen molar-refractivity contribution in [2.45, 2.75) is 12.7 Å². The van der Waals surface area contributed by atoms with E-state index in [1.807, 2.05) is 0 Å². The third-order valence-corrected chi connectivity index (χ3v) is 3.89. The van der Waals surface area contributed by atoms with Crippen molar-refractivity contribution >= 4 is 16.8 Å². The largest absolute Gasteiger partial charge is 0.416 e. The fourth-order valence-electron chi connectivity index (χ4n) is 2.69. The monoisotopic (exact) mass is 350 g/mol. The van der Waals surface area contributed by atoms with E-state index in [0.717, 1.165) is 6.07 Å². The molecule has 3 rings (SSSR count). The van der Waals surface area contributed by atoms with Gasteiger partial charge in [-0.3, -0.25) is 4.79 Å². The van der Waals surface area contributed by atoms with Gasteiger partial charge in [-0.25, -0.2) is 4.39 Å². The van der Waals surface area contributed by atoms with Gasteiger partial charge in [-0.15, -0.1) is 0 Å². The molecule has 7 heteroatoms. The number of fused-ring (bicyclic) bond motifs is 1. The summed E-state index contributed by atoms with van der Waals surface area (Å²) >= 11 is 0. The first kappa shape index (κ1) is 17.0. The minimum atomic E-state index is -4.49. The summed E-state index contributed by atoms with van der Waals surface area (Å²) < 4.78 is 52.4. The van der Waals surface area contributed by atoms with Gasteiger partial charge in [0.15, 0.2) is 0 Å². The average molecular weight is 350 g/mol. The van der Waals surface area contributed by atoms with Crippen molar-refractivity contribution in [3.63, 3.8) is 0 Å². The number of halogens is 4. The van der Waals surface area contributed by atoms with Crippen LogP contribution in [0.1, 0.15) is 21.6 Å². The second kappa shape index (κ2) is 6.23. The molecule has 1 aromatic heterocycles. The first-order chi connectivity index (χ1) is 11.8. The van der Waals surface area contributed by atoms with E-state index in [4.69, 9.17) is 0 Å². The predicted molar refractivity (Wildman–Crippen MR) is 85.5 cm³/mol. The fraction of sp³-hybridized carbons (Fsp3) is 0.167. The molecule has 2 aromatic carbocycles. The standard InChI is InChI=1S/C18H14F4N2O/c1-24(10-11-4-2-3-5-14(11)18(20,21)22)17(25)16-9-12-8-13(19)6-7-15(12)23-16/h2-9,23H,10H2,1H3. The zero-order valence-corrected chi connectivity index (χ0v) is 13.2. The maximum absolute atomic E-state index is 13.2. The number of carbonyl (C=O) groups excluding carboxylic acids is 1. The molecule has 0 radical (unpaired) electrons. The van der Waals surface area contributed by atoms with Crippen molar-refractivity contribution in [1.82, 2.24) is 9.88 Å². The van der Waals surface area contributed by atoms with Gasteiger partial charge >= 0.3 is 6.18 Å². The second-order valence-electron chi connectivity index (χ2n) is 5.73. The number of amides is 1. The van der Waals surface area contributed by atoms with E-state index in [2.05, 4.69) is 4.98 Å². The summed E-state index contributed by atoms with van der Waals surface area (Å²) in [6.07, 6.45) is -4.49. The topological polar surface area (TPSA) is 36.1 Å². The van der Waals surface area contributed by atoms with Gasteiger partial charge in [0.1, 0.15) is 11.5 Å². The lowest BCUT2D eigenvalue weighted by Crippen LogP contribution is -2.27. The van der Waals surface area contributed by atoms with E-state index in [9.17, 15) is 22.4 Å². The Morgan fingerprint density at radius 1 is 1.12 bits per heavy atom. The van der Waals surface area contributed by atoms with Crippen molar-refractivity contribution in [2.24, 2.45) is 0 Å². The zero-order valence-electron chi connectivity index (χ0n) is 13.2. The molecule has 130 valence electrons. The van der Waals surface area contributed by atoms with Gasteiger partial charge in [0, 0.05) is 24.5 Å². The zero-order chi connectivity index (χ0) is 18.2. The lowest BCUT2D eigenvalue weighted by molar-refractivity contribution is -0.138. The smallest absolute Gasteiger partial charge is 0.351 e. The number of hydrogen-bond acceptors (Lipinski definition) is 1. The number of carbonyl (C=O) groups is 1. The molecular formula is C18H14F4N2O. The van der Waals surface area contributed by atoms with Gasteiger partial charge in [0.25, 0.3) is 5.91 Å². The number of aromatic amines is 1. The Labute approximate surface area is 140 Å². The Kier molecular flexibility index (Phi) is 4.24. The number of hydrogen-bond donors (Lipinski definition) is 1. The lowest BCUT2D eigenvalue weighted by atomic mass is 10.1. The van der Waals surface area contributed by atoms with Gasteiger partial charge in [-0.1, -0.05) is 18.2 Å². The third kappa shape index (κ3) is 3.50. The van der Waals surface area contributed by atoms with E-state index in [1.165, 1.54) is 54.4 Å². The van der Waals surface area contributed by atoms with Crippen LogP contribution in [0, 0.1) is 5.82 Å².